The second-order valence-corrected chi connectivity index (χ2v) is 19.2. The second-order valence-electron chi connectivity index (χ2n) is 17.2. The molecule has 4 unspecified atom stereocenters. The molecule has 4 aliphatic rings. The predicted octanol–water partition coefficient (Wildman–Crippen LogP) is 3.48. The largest absolute Gasteiger partial charge is 0.363 e. The van der Waals surface area contributed by atoms with Crippen molar-refractivity contribution >= 4 is 39.4 Å². The average molecular weight is 714 g/mol. The number of nitrogens with zero attached hydrogens (tertiary/aromatic N) is 1. The van der Waals surface area contributed by atoms with Crippen molar-refractivity contribution in [2.75, 3.05) is 12.3 Å². The Bertz CT molecular complexity index is 1610. The number of urea groups is 1. The van der Waals surface area contributed by atoms with E-state index in [1.54, 1.807) is 30.3 Å². The minimum Gasteiger partial charge on any atom is -0.363 e. The van der Waals surface area contributed by atoms with Crippen molar-refractivity contribution in [3.8, 4) is 0 Å². The van der Waals surface area contributed by atoms with Crippen LogP contribution < -0.4 is 21.7 Å². The van der Waals surface area contributed by atoms with Crippen LogP contribution in [0.1, 0.15) is 99.3 Å². The Labute approximate surface area is 296 Å². The number of nitrogens with one attached hydrogen (secondary N) is 3. The quantitative estimate of drug-likeness (QED) is 0.239. The summed E-state index contributed by atoms with van der Waals surface area (Å²) in [7, 11) is -3.73. The maximum atomic E-state index is 14.6. The van der Waals surface area contributed by atoms with E-state index in [9.17, 15) is 32.4 Å². The maximum absolute atomic E-state index is 14.6. The molecular weight excluding hydrogens is 659 g/mol. The number of ketones is 1. The summed E-state index contributed by atoms with van der Waals surface area (Å²) in [5, 5.41) is 8.69. The fraction of sp³-hybridized carbons (Fsp3) is 0.703. The number of amides is 5. The Hall–Kier alpha value is -3.48. The van der Waals surface area contributed by atoms with Crippen molar-refractivity contribution in [2.45, 2.75) is 128 Å². The molecule has 1 aliphatic heterocycles. The van der Waals surface area contributed by atoms with Gasteiger partial charge in [0.15, 0.2) is 9.84 Å². The highest BCUT2D eigenvalue weighted by atomic mass is 32.2. The van der Waals surface area contributed by atoms with E-state index in [-0.39, 0.29) is 39.9 Å². The monoisotopic (exact) mass is 713 g/mol. The van der Waals surface area contributed by atoms with Gasteiger partial charge in [-0.3, -0.25) is 19.2 Å². The van der Waals surface area contributed by atoms with Crippen molar-refractivity contribution in [3.63, 3.8) is 0 Å². The number of fused-ring (bicyclic) bond motifs is 1. The number of benzene rings is 1. The third-order valence-corrected chi connectivity index (χ3v) is 14.3. The van der Waals surface area contributed by atoms with E-state index >= 15 is 0 Å². The van der Waals surface area contributed by atoms with Crippen molar-refractivity contribution in [3.05, 3.63) is 30.3 Å². The molecule has 12 nitrogen and oxygen atoms in total. The number of Topliss-reactive ketones (excluding diaryl/α,β-unsaturated/α-hetero) is 1. The first-order valence-corrected chi connectivity index (χ1v) is 19.7. The number of primary amides is 1. The van der Waals surface area contributed by atoms with Gasteiger partial charge in [0.05, 0.1) is 22.2 Å². The summed E-state index contributed by atoms with van der Waals surface area (Å²) in [6.07, 6.45) is 6.55. The normalized spacial score (nSPS) is 26.8. The van der Waals surface area contributed by atoms with Crippen LogP contribution in [0, 0.1) is 28.1 Å². The topological polar surface area (TPSA) is 185 Å². The molecule has 5 N–H and O–H groups in total. The molecule has 5 atom stereocenters. The molecule has 4 fully saturated rings. The van der Waals surface area contributed by atoms with Crippen molar-refractivity contribution in [2.24, 2.45) is 33.8 Å². The van der Waals surface area contributed by atoms with Crippen LogP contribution in [0.3, 0.4) is 0 Å². The van der Waals surface area contributed by atoms with Crippen LogP contribution in [0.2, 0.25) is 0 Å². The number of carbonyl (C=O) groups is 5. The van der Waals surface area contributed by atoms with Crippen LogP contribution in [0.25, 0.3) is 0 Å². The summed E-state index contributed by atoms with van der Waals surface area (Å²) in [4.78, 5) is 69.0. The third-order valence-electron chi connectivity index (χ3n) is 12.4. The molecule has 0 aromatic heterocycles. The van der Waals surface area contributed by atoms with E-state index < -0.39 is 68.5 Å². The molecule has 1 aromatic rings. The van der Waals surface area contributed by atoms with Crippen LogP contribution in [0.5, 0.6) is 0 Å². The van der Waals surface area contributed by atoms with E-state index in [1.807, 2.05) is 27.7 Å². The zero-order valence-corrected chi connectivity index (χ0v) is 31.2. The number of piperidine rings is 1. The molecule has 5 rings (SSSR count). The molecule has 276 valence electrons. The van der Waals surface area contributed by atoms with Crippen LogP contribution in [0.4, 0.5) is 4.79 Å². The Kier molecular flexibility index (Phi) is 10.3. The maximum Gasteiger partial charge on any atom is 0.315 e. The standard InChI is InChI=1S/C37H55N5O7S/c1-34(2,3)29(40-33(47)41-37(18-11-8-12-19-37)22-50(48,49)24-16-9-7-10-17-24)32(46)42-21-36(6)28(35(36,4)5)26(42)31(45)39-25(27(43)30(38)44)20-23-14-13-15-23/h7,9-10,16-17,23,25-26,28-29H,8,11-15,18-22H2,1-6H3,(H2,38,44)(H,39,45)(H2,40,41,47)/t25?,26?,28?,29-,36?/m1/s1. The zero-order chi connectivity index (χ0) is 36.9. The number of hydrogen-bond acceptors (Lipinski definition) is 7. The van der Waals surface area contributed by atoms with E-state index in [0.29, 0.717) is 19.3 Å². The Morgan fingerprint density at radius 1 is 0.940 bits per heavy atom. The highest BCUT2D eigenvalue weighted by Crippen LogP contribution is 2.74. The number of nitrogens with two attached hydrogens (primary N) is 1. The number of likely N-dealkylation sites (tertiary alicyclic amines) is 1. The van der Waals surface area contributed by atoms with Crippen LogP contribution in [-0.2, 0) is 29.0 Å². The third kappa shape index (κ3) is 7.29. The second kappa shape index (κ2) is 13.6. The van der Waals surface area contributed by atoms with Gasteiger partial charge >= 0.3 is 6.03 Å². The van der Waals surface area contributed by atoms with Gasteiger partial charge in [0, 0.05) is 12.5 Å². The van der Waals surface area contributed by atoms with Crippen LogP contribution in [0.15, 0.2) is 35.2 Å². The number of rotatable bonds is 12. The summed E-state index contributed by atoms with van der Waals surface area (Å²) in [6.45, 7) is 11.9. The van der Waals surface area contributed by atoms with E-state index in [2.05, 4.69) is 29.8 Å². The fourth-order valence-corrected chi connectivity index (χ4v) is 10.7. The molecule has 1 heterocycles. The molecule has 0 spiro atoms. The van der Waals surface area contributed by atoms with Crippen molar-refractivity contribution in [1.29, 1.82) is 0 Å². The lowest BCUT2D eigenvalue weighted by Crippen LogP contribution is -2.64. The van der Waals surface area contributed by atoms with Gasteiger partial charge in [0.1, 0.15) is 12.1 Å². The highest BCUT2D eigenvalue weighted by Gasteiger charge is 2.77. The van der Waals surface area contributed by atoms with E-state index in [0.717, 1.165) is 38.5 Å². The minimum atomic E-state index is -3.73. The average Bonchev–Trinajstić information content (AvgIpc) is 3.25. The Morgan fingerprint density at radius 2 is 1.56 bits per heavy atom. The molecule has 1 aromatic carbocycles. The Morgan fingerprint density at radius 3 is 2.10 bits per heavy atom. The molecule has 13 heteroatoms. The zero-order valence-electron chi connectivity index (χ0n) is 30.3. The first-order valence-electron chi connectivity index (χ1n) is 18.0. The molecule has 50 heavy (non-hydrogen) atoms. The van der Waals surface area contributed by atoms with Crippen molar-refractivity contribution < 1.29 is 32.4 Å². The summed E-state index contributed by atoms with van der Waals surface area (Å²) < 4.78 is 27.0. The first-order chi connectivity index (χ1) is 23.2. The van der Waals surface area contributed by atoms with Gasteiger partial charge in [-0.05, 0) is 53.6 Å². The highest BCUT2D eigenvalue weighted by molar-refractivity contribution is 7.91. The number of hydrogen-bond donors (Lipinski definition) is 4. The minimum absolute atomic E-state index is 0.190. The van der Waals surface area contributed by atoms with Gasteiger partial charge in [-0.2, -0.15) is 0 Å². The molecular formula is C37H55N5O7S. The molecule has 0 bridgehead atoms. The van der Waals surface area contributed by atoms with Crippen molar-refractivity contribution in [1.82, 2.24) is 20.9 Å². The number of carbonyl (C=O) groups excluding carboxylic acids is 5. The molecule has 1 saturated heterocycles. The smallest absolute Gasteiger partial charge is 0.315 e. The summed E-state index contributed by atoms with van der Waals surface area (Å²) in [5.74, 6) is -3.19. The van der Waals surface area contributed by atoms with E-state index in [4.69, 9.17) is 5.73 Å². The van der Waals surface area contributed by atoms with Gasteiger partial charge in [-0.25, -0.2) is 13.2 Å². The lowest BCUT2D eigenvalue weighted by molar-refractivity contribution is -0.145. The van der Waals surface area contributed by atoms with Gasteiger partial charge < -0.3 is 26.6 Å². The molecule has 5 amide bonds. The van der Waals surface area contributed by atoms with Gasteiger partial charge in [-0.15, -0.1) is 0 Å². The SMILES string of the molecule is CC(C)(C)[C@H](NC(=O)NC1(CS(=O)(=O)c2ccccc2)CCCCC1)C(=O)N1CC2(C)C(C1C(=O)NC(CC1CCC1)C(=O)C(N)=O)C2(C)C. The van der Waals surface area contributed by atoms with Gasteiger partial charge in [-0.1, -0.05) is 98.3 Å². The van der Waals surface area contributed by atoms with Gasteiger partial charge in [0.2, 0.25) is 17.6 Å². The first kappa shape index (κ1) is 37.8. The summed E-state index contributed by atoms with van der Waals surface area (Å²) in [5.41, 5.74) is 2.90. The summed E-state index contributed by atoms with van der Waals surface area (Å²) in [6, 6.07) is 4.48. The van der Waals surface area contributed by atoms with Crippen LogP contribution >= 0.6 is 0 Å². The van der Waals surface area contributed by atoms with Crippen LogP contribution in [-0.4, -0.2) is 78.8 Å². The number of sulfone groups is 1. The lowest BCUT2D eigenvalue weighted by Gasteiger charge is -2.41. The predicted molar refractivity (Wildman–Crippen MR) is 188 cm³/mol. The van der Waals surface area contributed by atoms with E-state index in [1.165, 1.54) is 4.90 Å². The molecule has 3 aliphatic carbocycles. The van der Waals surface area contributed by atoms with Gasteiger partial charge in [0.25, 0.3) is 5.91 Å². The molecule has 3 saturated carbocycles. The summed E-state index contributed by atoms with van der Waals surface area (Å²) >= 11 is 0. The fourth-order valence-electron chi connectivity index (χ4n) is 8.86. The lowest BCUT2D eigenvalue weighted by atomic mass is 9.80. The molecule has 0 radical (unpaired) electrons. The Balaban J connectivity index is 1.37.